The largest absolute Gasteiger partial charge is 0.345 e. The summed E-state index contributed by atoms with van der Waals surface area (Å²) in [4.78, 5) is 27.9. The summed E-state index contributed by atoms with van der Waals surface area (Å²) in [6.07, 6.45) is 1.31. The molecule has 0 spiro atoms. The Labute approximate surface area is 140 Å². The van der Waals surface area contributed by atoms with E-state index in [1.54, 1.807) is 21.9 Å². The molecule has 4 heteroatoms. The topological polar surface area (TPSA) is 40.6 Å². The quantitative estimate of drug-likeness (QED) is 0.808. The second-order valence-corrected chi connectivity index (χ2v) is 7.41. The minimum Gasteiger partial charge on any atom is -0.345 e. The van der Waals surface area contributed by atoms with Gasteiger partial charge in [-0.25, -0.2) is 0 Å². The van der Waals surface area contributed by atoms with E-state index >= 15 is 0 Å². The molecule has 0 aromatic heterocycles. The molecular formula is C19H30N2O2. The van der Waals surface area contributed by atoms with Crippen LogP contribution in [-0.2, 0) is 11.2 Å². The number of rotatable bonds is 6. The van der Waals surface area contributed by atoms with Crippen molar-refractivity contribution in [1.29, 1.82) is 0 Å². The lowest BCUT2D eigenvalue weighted by Gasteiger charge is -2.26. The molecule has 1 aromatic rings. The summed E-state index contributed by atoms with van der Waals surface area (Å²) in [5.41, 5.74) is 1.69. The SMILES string of the molecule is CCCN(C)C(=O)c1ccc(CC(=O)N(C)CC(C)(C)C)cc1. The van der Waals surface area contributed by atoms with E-state index in [0.29, 0.717) is 12.0 Å². The Bertz CT molecular complexity index is 529. The van der Waals surface area contributed by atoms with Crippen molar-refractivity contribution in [2.24, 2.45) is 5.41 Å². The van der Waals surface area contributed by atoms with Crippen LogP contribution in [0.3, 0.4) is 0 Å². The van der Waals surface area contributed by atoms with Crippen LogP contribution in [0.4, 0.5) is 0 Å². The highest BCUT2D eigenvalue weighted by molar-refractivity contribution is 5.94. The lowest BCUT2D eigenvalue weighted by Crippen LogP contribution is -2.35. The van der Waals surface area contributed by atoms with Crippen molar-refractivity contribution >= 4 is 11.8 Å². The van der Waals surface area contributed by atoms with Gasteiger partial charge in [0.1, 0.15) is 0 Å². The van der Waals surface area contributed by atoms with E-state index < -0.39 is 0 Å². The molecular weight excluding hydrogens is 288 g/mol. The van der Waals surface area contributed by atoms with Crippen molar-refractivity contribution in [1.82, 2.24) is 9.80 Å². The van der Waals surface area contributed by atoms with Gasteiger partial charge < -0.3 is 9.80 Å². The Kier molecular flexibility index (Phi) is 6.79. The summed E-state index contributed by atoms with van der Waals surface area (Å²) < 4.78 is 0. The van der Waals surface area contributed by atoms with Gasteiger partial charge in [-0.05, 0) is 29.5 Å². The van der Waals surface area contributed by atoms with Crippen LogP contribution in [0.15, 0.2) is 24.3 Å². The molecule has 0 N–H and O–H groups in total. The average molecular weight is 318 g/mol. The summed E-state index contributed by atoms with van der Waals surface area (Å²) in [6.45, 7) is 9.87. The van der Waals surface area contributed by atoms with Gasteiger partial charge in [0, 0.05) is 32.7 Å². The molecule has 0 atom stereocenters. The second kappa shape index (κ2) is 8.14. The average Bonchev–Trinajstić information content (AvgIpc) is 2.45. The van der Waals surface area contributed by atoms with Crippen molar-refractivity contribution in [3.63, 3.8) is 0 Å². The molecule has 0 aliphatic carbocycles. The monoisotopic (exact) mass is 318 g/mol. The van der Waals surface area contributed by atoms with Gasteiger partial charge in [-0.15, -0.1) is 0 Å². The third kappa shape index (κ3) is 6.43. The maximum atomic E-state index is 12.3. The first kappa shape index (κ1) is 19.2. The molecule has 128 valence electrons. The molecule has 0 aliphatic rings. The van der Waals surface area contributed by atoms with Crippen molar-refractivity contribution < 1.29 is 9.59 Å². The first-order valence-corrected chi connectivity index (χ1v) is 8.22. The van der Waals surface area contributed by atoms with E-state index in [1.165, 1.54) is 0 Å². The first-order chi connectivity index (χ1) is 10.6. The second-order valence-electron chi connectivity index (χ2n) is 7.41. The van der Waals surface area contributed by atoms with Crippen LogP contribution >= 0.6 is 0 Å². The number of hydrogen-bond donors (Lipinski definition) is 0. The predicted octanol–water partition coefficient (Wildman–Crippen LogP) is 3.22. The minimum absolute atomic E-state index is 0.0228. The van der Waals surface area contributed by atoms with Crippen LogP contribution in [0.1, 0.15) is 50.0 Å². The lowest BCUT2D eigenvalue weighted by molar-refractivity contribution is -0.130. The van der Waals surface area contributed by atoms with Gasteiger partial charge >= 0.3 is 0 Å². The normalized spacial score (nSPS) is 11.2. The summed E-state index contributed by atoms with van der Waals surface area (Å²) in [5.74, 6) is 0.122. The molecule has 1 aromatic carbocycles. The number of amides is 2. The highest BCUT2D eigenvalue weighted by atomic mass is 16.2. The molecule has 0 unspecified atom stereocenters. The zero-order valence-corrected chi connectivity index (χ0v) is 15.3. The maximum Gasteiger partial charge on any atom is 0.253 e. The summed E-state index contributed by atoms with van der Waals surface area (Å²) >= 11 is 0. The van der Waals surface area contributed by atoms with E-state index in [2.05, 4.69) is 20.8 Å². The summed E-state index contributed by atoms with van der Waals surface area (Å²) in [5, 5.41) is 0. The minimum atomic E-state index is 0.0228. The highest BCUT2D eigenvalue weighted by Crippen LogP contribution is 2.15. The summed E-state index contributed by atoms with van der Waals surface area (Å²) in [7, 11) is 3.65. The van der Waals surface area contributed by atoms with Crippen LogP contribution in [0.25, 0.3) is 0 Å². The standard InChI is InChI=1S/C19H30N2O2/c1-7-12-20(5)18(23)16-10-8-15(9-11-16)13-17(22)21(6)14-19(2,3)4/h8-11H,7,12-14H2,1-6H3. The Morgan fingerprint density at radius 2 is 1.57 bits per heavy atom. The van der Waals surface area contributed by atoms with Gasteiger partial charge in [0.05, 0.1) is 6.42 Å². The Morgan fingerprint density at radius 1 is 1.00 bits per heavy atom. The lowest BCUT2D eigenvalue weighted by atomic mass is 9.96. The zero-order chi connectivity index (χ0) is 17.6. The van der Waals surface area contributed by atoms with Crippen molar-refractivity contribution in [2.45, 2.75) is 40.5 Å². The fourth-order valence-corrected chi connectivity index (χ4v) is 2.53. The number of carbonyl (C=O) groups is 2. The fraction of sp³-hybridized carbons (Fsp3) is 0.579. The predicted molar refractivity (Wildman–Crippen MR) is 94.5 cm³/mol. The smallest absolute Gasteiger partial charge is 0.253 e. The molecule has 1 rings (SSSR count). The van der Waals surface area contributed by atoms with Gasteiger partial charge in [-0.3, -0.25) is 9.59 Å². The first-order valence-electron chi connectivity index (χ1n) is 8.22. The molecule has 0 heterocycles. The third-order valence-corrected chi connectivity index (χ3v) is 3.60. The molecule has 23 heavy (non-hydrogen) atoms. The number of carbonyl (C=O) groups excluding carboxylic acids is 2. The van der Waals surface area contributed by atoms with Gasteiger partial charge in [-0.2, -0.15) is 0 Å². The van der Waals surface area contributed by atoms with Crippen molar-refractivity contribution in [2.75, 3.05) is 27.2 Å². The maximum absolute atomic E-state index is 12.3. The van der Waals surface area contributed by atoms with Gasteiger partial charge in [-0.1, -0.05) is 39.8 Å². The molecule has 0 aliphatic heterocycles. The Hall–Kier alpha value is -1.84. The molecule has 0 saturated carbocycles. The fourth-order valence-electron chi connectivity index (χ4n) is 2.53. The third-order valence-electron chi connectivity index (χ3n) is 3.60. The number of benzene rings is 1. The highest BCUT2D eigenvalue weighted by Gasteiger charge is 2.18. The summed E-state index contributed by atoms with van der Waals surface area (Å²) in [6, 6.07) is 7.35. The van der Waals surface area contributed by atoms with Crippen LogP contribution in [0, 0.1) is 5.41 Å². The number of hydrogen-bond acceptors (Lipinski definition) is 2. The molecule has 0 saturated heterocycles. The van der Waals surface area contributed by atoms with Gasteiger partial charge in [0.15, 0.2) is 0 Å². The van der Waals surface area contributed by atoms with Crippen LogP contribution in [0.5, 0.6) is 0 Å². The Morgan fingerprint density at radius 3 is 2.04 bits per heavy atom. The van der Waals surface area contributed by atoms with E-state index in [4.69, 9.17) is 0 Å². The van der Waals surface area contributed by atoms with Crippen LogP contribution < -0.4 is 0 Å². The van der Waals surface area contributed by atoms with E-state index in [-0.39, 0.29) is 17.2 Å². The number of nitrogens with zero attached hydrogens (tertiary/aromatic N) is 2. The van der Waals surface area contributed by atoms with Crippen molar-refractivity contribution in [3.05, 3.63) is 35.4 Å². The molecule has 0 radical (unpaired) electrons. The van der Waals surface area contributed by atoms with Gasteiger partial charge in [0.2, 0.25) is 5.91 Å². The van der Waals surface area contributed by atoms with E-state index in [9.17, 15) is 9.59 Å². The van der Waals surface area contributed by atoms with Crippen LogP contribution in [-0.4, -0.2) is 48.8 Å². The van der Waals surface area contributed by atoms with Crippen molar-refractivity contribution in [3.8, 4) is 0 Å². The number of likely N-dealkylation sites (N-methyl/N-ethyl adjacent to an activating group) is 1. The van der Waals surface area contributed by atoms with E-state index in [0.717, 1.165) is 25.1 Å². The van der Waals surface area contributed by atoms with E-state index in [1.807, 2.05) is 33.2 Å². The zero-order valence-electron chi connectivity index (χ0n) is 15.3. The van der Waals surface area contributed by atoms with Gasteiger partial charge in [0.25, 0.3) is 5.91 Å². The molecule has 0 fully saturated rings. The Balaban J connectivity index is 2.67. The molecule has 2 amide bonds. The van der Waals surface area contributed by atoms with Crippen LogP contribution in [0.2, 0.25) is 0 Å². The molecule has 4 nitrogen and oxygen atoms in total. The molecule has 0 bridgehead atoms.